The predicted octanol–water partition coefficient (Wildman–Crippen LogP) is 2.43. The summed E-state index contributed by atoms with van der Waals surface area (Å²) in [6.45, 7) is 3.99. The molecule has 2 heterocycles. The number of nitrogens with one attached hydrogen (secondary N) is 1. The minimum atomic E-state index is 0.672. The van der Waals surface area contributed by atoms with E-state index in [2.05, 4.69) is 46.9 Å². The summed E-state index contributed by atoms with van der Waals surface area (Å²) in [7, 11) is 2.18. The van der Waals surface area contributed by atoms with Crippen molar-refractivity contribution in [2.24, 2.45) is 0 Å². The molecule has 0 atom stereocenters. The molecule has 0 saturated heterocycles. The lowest BCUT2D eigenvalue weighted by atomic mass is 9.92. The van der Waals surface area contributed by atoms with Crippen molar-refractivity contribution in [2.75, 3.05) is 18.5 Å². The Morgan fingerprint density at radius 2 is 2.26 bits per heavy atom. The van der Waals surface area contributed by atoms with Gasteiger partial charge in [-0.1, -0.05) is 13.0 Å². The fraction of sp³-hybridized carbons (Fsp3) is 0.533. The minimum Gasteiger partial charge on any atom is -0.355 e. The van der Waals surface area contributed by atoms with Crippen LogP contribution in [0.4, 0.5) is 5.82 Å². The van der Waals surface area contributed by atoms with Crippen LogP contribution in [0.1, 0.15) is 31.9 Å². The van der Waals surface area contributed by atoms with Crippen molar-refractivity contribution in [1.29, 1.82) is 0 Å². The number of anilines is 1. The smallest absolute Gasteiger partial charge is 0.152 e. The standard InChI is InChI=1S/C15H22N4/c1-3-16-11-13-15(18(2)12-7-6-8-12)17-14-9-4-5-10-19(13)14/h4-5,9-10,12,16H,3,6-8,11H2,1-2H3. The molecular formula is C15H22N4. The van der Waals surface area contributed by atoms with E-state index >= 15 is 0 Å². The summed E-state index contributed by atoms with van der Waals surface area (Å²) < 4.78 is 2.20. The number of imidazole rings is 1. The molecule has 1 fully saturated rings. The zero-order chi connectivity index (χ0) is 13.2. The van der Waals surface area contributed by atoms with E-state index in [0.29, 0.717) is 6.04 Å². The fourth-order valence-corrected chi connectivity index (χ4v) is 2.67. The Bertz CT molecular complexity index is 556. The van der Waals surface area contributed by atoms with Gasteiger partial charge in [0.25, 0.3) is 0 Å². The molecule has 19 heavy (non-hydrogen) atoms. The monoisotopic (exact) mass is 258 g/mol. The SMILES string of the molecule is CCNCc1c(N(C)C2CCC2)nc2ccccn12. The molecule has 0 aliphatic heterocycles. The molecule has 1 aliphatic carbocycles. The van der Waals surface area contributed by atoms with Crippen molar-refractivity contribution >= 4 is 11.5 Å². The van der Waals surface area contributed by atoms with Crippen molar-refractivity contribution in [3.05, 3.63) is 30.1 Å². The highest BCUT2D eigenvalue weighted by atomic mass is 15.2. The van der Waals surface area contributed by atoms with Gasteiger partial charge in [-0.25, -0.2) is 4.98 Å². The van der Waals surface area contributed by atoms with Crippen LogP contribution in [0.3, 0.4) is 0 Å². The van der Waals surface area contributed by atoms with Crippen LogP contribution in [-0.4, -0.2) is 29.0 Å². The van der Waals surface area contributed by atoms with Gasteiger partial charge in [0.1, 0.15) is 5.65 Å². The van der Waals surface area contributed by atoms with E-state index in [4.69, 9.17) is 4.98 Å². The lowest BCUT2D eigenvalue weighted by molar-refractivity contribution is 0.399. The number of hydrogen-bond acceptors (Lipinski definition) is 3. The van der Waals surface area contributed by atoms with Gasteiger partial charge in [-0.15, -0.1) is 0 Å². The summed E-state index contributed by atoms with van der Waals surface area (Å²) in [5.74, 6) is 1.14. The highest BCUT2D eigenvalue weighted by Crippen LogP contribution is 2.30. The van der Waals surface area contributed by atoms with E-state index in [0.717, 1.165) is 24.6 Å². The normalized spacial score (nSPS) is 15.7. The Morgan fingerprint density at radius 1 is 1.42 bits per heavy atom. The third-order valence-electron chi connectivity index (χ3n) is 4.11. The Balaban J connectivity index is 2.00. The van der Waals surface area contributed by atoms with E-state index in [-0.39, 0.29) is 0 Å². The summed E-state index contributed by atoms with van der Waals surface area (Å²) in [6.07, 6.45) is 6.05. The first-order valence-electron chi connectivity index (χ1n) is 7.20. The predicted molar refractivity (Wildman–Crippen MR) is 78.6 cm³/mol. The number of rotatable bonds is 5. The average molecular weight is 258 g/mol. The molecule has 2 aromatic heterocycles. The summed E-state index contributed by atoms with van der Waals surface area (Å²) >= 11 is 0. The molecule has 2 aromatic rings. The summed E-state index contributed by atoms with van der Waals surface area (Å²) in [5, 5.41) is 3.43. The van der Waals surface area contributed by atoms with E-state index < -0.39 is 0 Å². The number of hydrogen-bond donors (Lipinski definition) is 1. The fourth-order valence-electron chi connectivity index (χ4n) is 2.67. The van der Waals surface area contributed by atoms with Crippen LogP contribution in [0.5, 0.6) is 0 Å². The number of nitrogens with zero attached hydrogens (tertiary/aromatic N) is 3. The van der Waals surface area contributed by atoms with Crippen LogP contribution in [0, 0.1) is 0 Å². The van der Waals surface area contributed by atoms with E-state index in [1.165, 1.54) is 25.0 Å². The molecule has 0 unspecified atom stereocenters. The average Bonchev–Trinajstić information content (AvgIpc) is 2.73. The van der Waals surface area contributed by atoms with E-state index in [9.17, 15) is 0 Å². The van der Waals surface area contributed by atoms with Crippen molar-refractivity contribution in [1.82, 2.24) is 14.7 Å². The second-order valence-electron chi connectivity index (χ2n) is 5.29. The highest BCUT2D eigenvalue weighted by molar-refractivity contribution is 5.56. The third-order valence-corrected chi connectivity index (χ3v) is 4.11. The van der Waals surface area contributed by atoms with Gasteiger partial charge in [-0.2, -0.15) is 0 Å². The first-order valence-corrected chi connectivity index (χ1v) is 7.20. The molecule has 1 saturated carbocycles. The van der Waals surface area contributed by atoms with Gasteiger partial charge < -0.3 is 14.6 Å². The summed E-state index contributed by atoms with van der Waals surface area (Å²) in [6, 6.07) is 6.86. The number of fused-ring (bicyclic) bond motifs is 1. The third kappa shape index (κ3) is 2.21. The zero-order valence-corrected chi connectivity index (χ0v) is 11.8. The van der Waals surface area contributed by atoms with Crippen molar-refractivity contribution in [3.8, 4) is 0 Å². The van der Waals surface area contributed by atoms with Crippen LogP contribution in [0.25, 0.3) is 5.65 Å². The maximum Gasteiger partial charge on any atom is 0.152 e. The number of pyridine rings is 1. The van der Waals surface area contributed by atoms with Gasteiger partial charge in [0.2, 0.25) is 0 Å². The molecular weight excluding hydrogens is 236 g/mol. The van der Waals surface area contributed by atoms with Crippen LogP contribution in [0.15, 0.2) is 24.4 Å². The van der Waals surface area contributed by atoms with Gasteiger partial charge in [0.05, 0.1) is 5.69 Å². The minimum absolute atomic E-state index is 0.672. The van der Waals surface area contributed by atoms with Crippen LogP contribution >= 0.6 is 0 Å². The quantitative estimate of drug-likeness (QED) is 0.894. The molecule has 0 bridgehead atoms. The van der Waals surface area contributed by atoms with Crippen LogP contribution in [0.2, 0.25) is 0 Å². The van der Waals surface area contributed by atoms with Gasteiger partial charge in [0.15, 0.2) is 5.82 Å². The molecule has 4 nitrogen and oxygen atoms in total. The summed E-state index contributed by atoms with van der Waals surface area (Å²) in [5.41, 5.74) is 2.31. The van der Waals surface area contributed by atoms with Gasteiger partial charge in [0, 0.05) is 25.8 Å². The van der Waals surface area contributed by atoms with E-state index in [1.807, 2.05) is 6.07 Å². The highest BCUT2D eigenvalue weighted by Gasteiger charge is 2.26. The Kier molecular flexibility index (Phi) is 3.42. The second kappa shape index (κ2) is 5.21. The van der Waals surface area contributed by atoms with Crippen molar-refractivity contribution in [3.63, 3.8) is 0 Å². The first kappa shape index (κ1) is 12.5. The van der Waals surface area contributed by atoms with Gasteiger partial charge in [-0.05, 0) is 37.9 Å². The molecule has 0 aromatic carbocycles. The zero-order valence-electron chi connectivity index (χ0n) is 11.8. The lowest BCUT2D eigenvalue weighted by Gasteiger charge is -2.35. The Hall–Kier alpha value is -1.55. The number of aromatic nitrogens is 2. The molecule has 102 valence electrons. The largest absolute Gasteiger partial charge is 0.355 e. The summed E-state index contributed by atoms with van der Waals surface area (Å²) in [4.78, 5) is 7.18. The maximum absolute atomic E-state index is 4.82. The molecule has 0 spiro atoms. The first-order chi connectivity index (χ1) is 9.31. The molecule has 1 aliphatic rings. The molecule has 1 N–H and O–H groups in total. The molecule has 4 heteroatoms. The van der Waals surface area contributed by atoms with Gasteiger partial charge >= 0.3 is 0 Å². The van der Waals surface area contributed by atoms with Crippen molar-refractivity contribution < 1.29 is 0 Å². The van der Waals surface area contributed by atoms with Crippen molar-refractivity contribution in [2.45, 2.75) is 38.8 Å². The van der Waals surface area contributed by atoms with Crippen LogP contribution < -0.4 is 10.2 Å². The maximum atomic E-state index is 4.82. The van der Waals surface area contributed by atoms with E-state index in [1.54, 1.807) is 0 Å². The Morgan fingerprint density at radius 3 is 2.95 bits per heavy atom. The van der Waals surface area contributed by atoms with Gasteiger partial charge in [-0.3, -0.25) is 0 Å². The second-order valence-corrected chi connectivity index (χ2v) is 5.29. The topological polar surface area (TPSA) is 32.6 Å². The Labute approximate surface area is 114 Å². The van der Waals surface area contributed by atoms with Crippen LogP contribution in [-0.2, 0) is 6.54 Å². The molecule has 3 rings (SSSR count). The lowest BCUT2D eigenvalue weighted by Crippen LogP contribution is -2.38. The molecule has 0 amide bonds. The molecule has 0 radical (unpaired) electrons.